The summed E-state index contributed by atoms with van der Waals surface area (Å²) in [7, 11) is 0. The van der Waals surface area contributed by atoms with Crippen molar-refractivity contribution in [3.8, 4) is 0 Å². The van der Waals surface area contributed by atoms with Crippen LogP contribution < -0.4 is 5.32 Å². The molecule has 0 saturated heterocycles. The van der Waals surface area contributed by atoms with E-state index in [4.69, 9.17) is 34.8 Å². The van der Waals surface area contributed by atoms with E-state index in [0.29, 0.717) is 10.6 Å². The second-order valence-electron chi connectivity index (χ2n) is 3.71. The normalized spacial score (nSPS) is 10.3. The minimum atomic E-state index is -0.439. The van der Waals surface area contributed by atoms with E-state index in [1.54, 1.807) is 0 Å². The number of anilines is 1. The molecule has 0 unspecified atom stereocenters. The monoisotopic (exact) mass is 317 g/mol. The third-order valence-electron chi connectivity index (χ3n) is 2.35. The minimum absolute atomic E-state index is 0.230. The third kappa shape index (κ3) is 3.38. The van der Waals surface area contributed by atoms with Gasteiger partial charge in [0.05, 0.1) is 15.7 Å². The fourth-order valence-corrected chi connectivity index (χ4v) is 2.36. The van der Waals surface area contributed by atoms with Gasteiger partial charge in [-0.25, -0.2) is 4.39 Å². The average Bonchev–Trinajstić information content (AvgIpc) is 2.34. The molecule has 0 aliphatic heterocycles. The van der Waals surface area contributed by atoms with Crippen LogP contribution in [0.15, 0.2) is 36.4 Å². The summed E-state index contributed by atoms with van der Waals surface area (Å²) in [5, 5.41) is 3.39. The van der Waals surface area contributed by atoms with E-state index in [2.05, 4.69) is 5.32 Å². The molecule has 0 heterocycles. The van der Waals surface area contributed by atoms with Crippen LogP contribution >= 0.6 is 34.8 Å². The quantitative estimate of drug-likeness (QED) is 0.826. The molecule has 0 aliphatic carbocycles. The summed E-state index contributed by atoms with van der Waals surface area (Å²) in [6, 6.07) is 8.05. The van der Waals surface area contributed by atoms with Crippen molar-refractivity contribution < 1.29 is 9.18 Å². The molecule has 1 amide bonds. The Kier molecular flexibility index (Phi) is 4.30. The smallest absolute Gasteiger partial charge is 0.255 e. The lowest BCUT2D eigenvalue weighted by Crippen LogP contribution is -2.12. The van der Waals surface area contributed by atoms with Gasteiger partial charge in [-0.3, -0.25) is 4.79 Å². The fourth-order valence-electron chi connectivity index (χ4n) is 1.45. The number of hydrogen-bond donors (Lipinski definition) is 1. The van der Waals surface area contributed by atoms with Crippen LogP contribution in [0.3, 0.4) is 0 Å². The Balaban J connectivity index is 2.26. The van der Waals surface area contributed by atoms with Gasteiger partial charge in [-0.05, 0) is 36.4 Å². The summed E-state index contributed by atoms with van der Waals surface area (Å²) in [5.74, 6) is -0.856. The van der Waals surface area contributed by atoms with Crippen molar-refractivity contribution in [3.05, 3.63) is 62.8 Å². The van der Waals surface area contributed by atoms with Crippen molar-refractivity contribution in [2.45, 2.75) is 0 Å². The van der Waals surface area contributed by atoms with Crippen molar-refractivity contribution >= 4 is 46.4 Å². The van der Waals surface area contributed by atoms with Gasteiger partial charge in [0.1, 0.15) is 5.82 Å². The topological polar surface area (TPSA) is 29.1 Å². The summed E-state index contributed by atoms with van der Waals surface area (Å²) < 4.78 is 12.8. The van der Waals surface area contributed by atoms with Crippen LogP contribution in [-0.2, 0) is 0 Å². The number of carbonyl (C=O) groups is 1. The zero-order valence-electron chi connectivity index (χ0n) is 9.38. The van der Waals surface area contributed by atoms with E-state index in [1.807, 2.05) is 0 Å². The van der Waals surface area contributed by atoms with Crippen LogP contribution in [0.25, 0.3) is 0 Å². The maximum absolute atomic E-state index is 12.8. The van der Waals surface area contributed by atoms with Crippen LogP contribution in [0.5, 0.6) is 0 Å². The molecule has 0 aromatic heterocycles. The predicted molar refractivity (Wildman–Crippen MR) is 75.8 cm³/mol. The first kappa shape index (κ1) is 14.1. The number of benzene rings is 2. The molecular weight excluding hydrogens is 312 g/mol. The molecule has 98 valence electrons. The summed E-state index contributed by atoms with van der Waals surface area (Å²) in [4.78, 5) is 11.9. The zero-order chi connectivity index (χ0) is 14.0. The summed E-state index contributed by atoms with van der Waals surface area (Å²) in [5.41, 5.74) is 0.561. The predicted octanol–water partition coefficient (Wildman–Crippen LogP) is 5.04. The van der Waals surface area contributed by atoms with Crippen LogP contribution in [0, 0.1) is 5.82 Å². The second-order valence-corrected chi connectivity index (χ2v) is 4.96. The lowest BCUT2D eigenvalue weighted by Gasteiger charge is -2.09. The lowest BCUT2D eigenvalue weighted by molar-refractivity contribution is 0.102. The Labute approximate surface area is 124 Å². The van der Waals surface area contributed by atoms with Crippen LogP contribution in [0.2, 0.25) is 15.1 Å². The Morgan fingerprint density at radius 3 is 2.05 bits per heavy atom. The first-order chi connectivity index (χ1) is 8.97. The number of rotatable bonds is 2. The summed E-state index contributed by atoms with van der Waals surface area (Å²) in [6.45, 7) is 0. The highest BCUT2D eigenvalue weighted by Gasteiger charge is 2.12. The molecular formula is C13H7Cl3FNO. The van der Waals surface area contributed by atoms with Gasteiger partial charge < -0.3 is 5.32 Å². The van der Waals surface area contributed by atoms with Crippen LogP contribution in [-0.4, -0.2) is 5.91 Å². The van der Waals surface area contributed by atoms with Gasteiger partial charge in [-0.1, -0.05) is 34.8 Å². The molecule has 0 radical (unpaired) electrons. The van der Waals surface area contributed by atoms with Crippen molar-refractivity contribution in [2.24, 2.45) is 0 Å². The largest absolute Gasteiger partial charge is 0.319 e. The molecule has 19 heavy (non-hydrogen) atoms. The number of nitrogens with one attached hydrogen (secondary N) is 1. The third-order valence-corrected chi connectivity index (χ3v) is 3.17. The van der Waals surface area contributed by atoms with Crippen molar-refractivity contribution in [1.29, 1.82) is 0 Å². The van der Waals surface area contributed by atoms with E-state index in [1.165, 1.54) is 36.4 Å². The molecule has 0 bridgehead atoms. The Morgan fingerprint density at radius 1 is 1.00 bits per heavy atom. The SMILES string of the molecule is O=C(Nc1c(Cl)cc(Cl)cc1Cl)c1ccc(F)cc1. The van der Waals surface area contributed by atoms with Gasteiger partial charge >= 0.3 is 0 Å². The molecule has 0 aliphatic rings. The molecule has 2 nitrogen and oxygen atoms in total. The van der Waals surface area contributed by atoms with E-state index in [-0.39, 0.29) is 15.7 Å². The second kappa shape index (κ2) is 5.78. The number of carbonyl (C=O) groups excluding carboxylic acids is 1. The first-order valence-electron chi connectivity index (χ1n) is 5.19. The maximum Gasteiger partial charge on any atom is 0.255 e. The highest BCUT2D eigenvalue weighted by atomic mass is 35.5. The van der Waals surface area contributed by atoms with Crippen LogP contribution in [0.1, 0.15) is 10.4 Å². The van der Waals surface area contributed by atoms with Crippen LogP contribution in [0.4, 0.5) is 10.1 Å². The highest BCUT2D eigenvalue weighted by molar-refractivity contribution is 6.42. The molecule has 2 rings (SSSR count). The number of halogens is 4. The van der Waals surface area contributed by atoms with Crippen molar-refractivity contribution in [3.63, 3.8) is 0 Å². The maximum atomic E-state index is 12.8. The van der Waals surface area contributed by atoms with Gasteiger partial charge in [-0.15, -0.1) is 0 Å². The van der Waals surface area contributed by atoms with Crippen molar-refractivity contribution in [2.75, 3.05) is 5.32 Å². The molecule has 6 heteroatoms. The fraction of sp³-hybridized carbons (Fsp3) is 0. The zero-order valence-corrected chi connectivity index (χ0v) is 11.7. The molecule has 0 saturated carbocycles. The van der Waals surface area contributed by atoms with Gasteiger partial charge in [0.2, 0.25) is 0 Å². The Morgan fingerprint density at radius 2 is 1.53 bits per heavy atom. The number of hydrogen-bond acceptors (Lipinski definition) is 1. The molecule has 0 fully saturated rings. The number of amides is 1. The van der Waals surface area contributed by atoms with E-state index >= 15 is 0 Å². The molecule has 1 N–H and O–H groups in total. The van der Waals surface area contributed by atoms with E-state index in [0.717, 1.165) is 0 Å². The average molecular weight is 319 g/mol. The Bertz CT molecular complexity index is 605. The minimum Gasteiger partial charge on any atom is -0.319 e. The van der Waals surface area contributed by atoms with Gasteiger partial charge in [0.15, 0.2) is 0 Å². The lowest BCUT2D eigenvalue weighted by atomic mass is 10.2. The molecule has 2 aromatic carbocycles. The van der Waals surface area contributed by atoms with Gasteiger partial charge in [-0.2, -0.15) is 0 Å². The molecule has 0 spiro atoms. The molecule has 0 atom stereocenters. The van der Waals surface area contributed by atoms with Gasteiger partial charge in [0, 0.05) is 10.6 Å². The molecule has 2 aromatic rings. The van der Waals surface area contributed by atoms with Gasteiger partial charge in [0.25, 0.3) is 5.91 Å². The Hall–Kier alpha value is -1.29. The van der Waals surface area contributed by atoms with E-state index in [9.17, 15) is 9.18 Å². The summed E-state index contributed by atoms with van der Waals surface area (Å²) >= 11 is 17.7. The van der Waals surface area contributed by atoms with E-state index < -0.39 is 11.7 Å². The first-order valence-corrected chi connectivity index (χ1v) is 6.32. The standard InChI is InChI=1S/C13H7Cl3FNO/c14-8-5-10(15)12(11(16)6-8)18-13(19)7-1-3-9(17)4-2-7/h1-6H,(H,18,19). The highest BCUT2D eigenvalue weighted by Crippen LogP contribution is 2.33. The summed E-state index contributed by atoms with van der Waals surface area (Å²) in [6.07, 6.45) is 0. The van der Waals surface area contributed by atoms with Crippen molar-refractivity contribution in [1.82, 2.24) is 0 Å².